The number of amides is 1. The Morgan fingerprint density at radius 2 is 2.17 bits per heavy atom. The number of rotatable bonds is 6. The van der Waals surface area contributed by atoms with E-state index in [1.807, 2.05) is 44.2 Å². The molecule has 0 aliphatic rings. The minimum absolute atomic E-state index is 0.291. The third kappa shape index (κ3) is 4.75. The van der Waals surface area contributed by atoms with Gasteiger partial charge >= 0.3 is 0 Å². The van der Waals surface area contributed by atoms with Crippen molar-refractivity contribution in [3.8, 4) is 5.75 Å². The van der Waals surface area contributed by atoms with Crippen LogP contribution in [0.3, 0.4) is 0 Å². The van der Waals surface area contributed by atoms with E-state index in [9.17, 15) is 4.79 Å². The molecule has 1 aromatic heterocycles. The van der Waals surface area contributed by atoms with Crippen LogP contribution in [0.15, 0.2) is 35.4 Å². The van der Waals surface area contributed by atoms with E-state index >= 15 is 0 Å². The molecule has 0 saturated heterocycles. The average molecular weight is 314 g/mol. The number of benzene rings is 1. The number of hydrogen-bond acceptors (Lipinski definition) is 5. The van der Waals surface area contributed by atoms with Crippen molar-refractivity contribution < 1.29 is 9.53 Å². The van der Waals surface area contributed by atoms with Crippen molar-refractivity contribution in [2.75, 3.05) is 7.11 Å². The fourth-order valence-electron chi connectivity index (χ4n) is 2.18. The van der Waals surface area contributed by atoms with E-state index in [2.05, 4.69) is 15.5 Å². The van der Waals surface area contributed by atoms with Crippen molar-refractivity contribution in [3.63, 3.8) is 0 Å². The fourth-order valence-corrected chi connectivity index (χ4v) is 2.18. The number of pyridine rings is 1. The van der Waals surface area contributed by atoms with Gasteiger partial charge in [0.2, 0.25) is 0 Å². The topological polar surface area (TPSA) is 89.6 Å². The standard InChI is InChI=1S/C17H22N4O2/c1-11(2)8-15(18)17(22)21-19-10-13-5-4-12-9-14(23-3)6-7-16(12)20-13/h4-7,9-11,15H,8,18H2,1-3H3,(H,21,22)/t15-/m0/s1. The molecule has 0 unspecified atom stereocenters. The van der Waals surface area contributed by atoms with E-state index in [-0.39, 0.29) is 5.91 Å². The maximum Gasteiger partial charge on any atom is 0.256 e. The molecule has 6 nitrogen and oxygen atoms in total. The van der Waals surface area contributed by atoms with Crippen molar-refractivity contribution >= 4 is 23.0 Å². The minimum Gasteiger partial charge on any atom is -0.497 e. The monoisotopic (exact) mass is 314 g/mol. The normalized spacial score (nSPS) is 12.7. The van der Waals surface area contributed by atoms with Crippen molar-refractivity contribution in [3.05, 3.63) is 36.0 Å². The van der Waals surface area contributed by atoms with E-state index in [0.29, 0.717) is 18.0 Å². The number of nitrogens with zero attached hydrogens (tertiary/aromatic N) is 2. The Balaban J connectivity index is 2.02. The molecule has 0 saturated carbocycles. The number of hydrogen-bond donors (Lipinski definition) is 2. The van der Waals surface area contributed by atoms with Crippen LogP contribution in [0, 0.1) is 5.92 Å². The molecule has 2 aromatic rings. The molecule has 23 heavy (non-hydrogen) atoms. The van der Waals surface area contributed by atoms with Crippen LogP contribution in [-0.2, 0) is 4.79 Å². The second-order valence-corrected chi connectivity index (χ2v) is 5.77. The zero-order valence-electron chi connectivity index (χ0n) is 13.6. The number of methoxy groups -OCH3 is 1. The summed E-state index contributed by atoms with van der Waals surface area (Å²) in [7, 11) is 1.63. The number of carbonyl (C=O) groups is 1. The lowest BCUT2D eigenvalue weighted by molar-refractivity contribution is -0.122. The molecule has 0 bridgehead atoms. The zero-order chi connectivity index (χ0) is 16.8. The highest BCUT2D eigenvalue weighted by atomic mass is 16.5. The predicted molar refractivity (Wildman–Crippen MR) is 91.5 cm³/mol. The molecule has 0 fully saturated rings. The highest BCUT2D eigenvalue weighted by Crippen LogP contribution is 2.19. The first kappa shape index (κ1) is 16.9. The Labute approximate surface area is 135 Å². The highest BCUT2D eigenvalue weighted by Gasteiger charge is 2.13. The van der Waals surface area contributed by atoms with Gasteiger partial charge < -0.3 is 10.5 Å². The van der Waals surface area contributed by atoms with E-state index < -0.39 is 6.04 Å². The number of nitrogens with two attached hydrogens (primary N) is 1. The lowest BCUT2D eigenvalue weighted by Gasteiger charge is -2.11. The number of ether oxygens (including phenoxy) is 1. The van der Waals surface area contributed by atoms with Gasteiger partial charge in [-0.05, 0) is 36.6 Å². The molecule has 1 heterocycles. The Morgan fingerprint density at radius 3 is 2.87 bits per heavy atom. The molecule has 6 heteroatoms. The lowest BCUT2D eigenvalue weighted by Crippen LogP contribution is -2.39. The first-order valence-corrected chi connectivity index (χ1v) is 7.53. The van der Waals surface area contributed by atoms with Crippen molar-refractivity contribution in [2.45, 2.75) is 26.3 Å². The van der Waals surface area contributed by atoms with Crippen molar-refractivity contribution in [1.82, 2.24) is 10.4 Å². The summed E-state index contributed by atoms with van der Waals surface area (Å²) in [5.74, 6) is 0.853. The molecule has 3 N–H and O–H groups in total. The molecule has 0 radical (unpaired) electrons. The Bertz CT molecular complexity index is 713. The summed E-state index contributed by atoms with van der Waals surface area (Å²) in [6.07, 6.45) is 2.13. The SMILES string of the molecule is COc1ccc2nc(C=NNC(=O)[C@@H](N)CC(C)C)ccc2c1. The van der Waals surface area contributed by atoms with Crippen molar-refractivity contribution in [1.29, 1.82) is 0 Å². The quantitative estimate of drug-likeness (QED) is 0.631. The molecular formula is C17H22N4O2. The molecule has 122 valence electrons. The molecule has 1 aromatic carbocycles. The lowest BCUT2D eigenvalue weighted by atomic mass is 10.0. The molecule has 0 spiro atoms. The summed E-state index contributed by atoms with van der Waals surface area (Å²) in [6, 6.07) is 8.84. The highest BCUT2D eigenvalue weighted by molar-refractivity contribution is 5.87. The zero-order valence-corrected chi connectivity index (χ0v) is 13.6. The Kier molecular flexibility index (Phi) is 5.65. The smallest absolute Gasteiger partial charge is 0.256 e. The van der Waals surface area contributed by atoms with Gasteiger partial charge in [-0.2, -0.15) is 5.10 Å². The minimum atomic E-state index is -0.552. The third-order valence-electron chi connectivity index (χ3n) is 3.35. The largest absolute Gasteiger partial charge is 0.497 e. The van der Waals surface area contributed by atoms with Gasteiger partial charge in [0, 0.05) is 5.39 Å². The van der Waals surface area contributed by atoms with Crippen LogP contribution in [0.2, 0.25) is 0 Å². The summed E-state index contributed by atoms with van der Waals surface area (Å²) in [5, 5.41) is 4.90. The van der Waals surface area contributed by atoms with Gasteiger partial charge in [-0.15, -0.1) is 0 Å². The summed E-state index contributed by atoms with van der Waals surface area (Å²) >= 11 is 0. The van der Waals surface area contributed by atoms with E-state index in [4.69, 9.17) is 10.5 Å². The number of fused-ring (bicyclic) bond motifs is 1. The van der Waals surface area contributed by atoms with E-state index in [1.165, 1.54) is 6.21 Å². The Hall–Kier alpha value is -2.47. The number of carbonyl (C=O) groups excluding carboxylic acids is 1. The number of aromatic nitrogens is 1. The van der Waals surface area contributed by atoms with Crippen LogP contribution in [0.4, 0.5) is 0 Å². The molecular weight excluding hydrogens is 292 g/mol. The average Bonchev–Trinajstić information content (AvgIpc) is 2.53. The predicted octanol–water partition coefficient (Wildman–Crippen LogP) is 2.07. The van der Waals surface area contributed by atoms with E-state index in [1.54, 1.807) is 7.11 Å². The van der Waals surface area contributed by atoms with Gasteiger partial charge in [-0.3, -0.25) is 4.79 Å². The van der Waals surface area contributed by atoms with Crippen LogP contribution in [0.1, 0.15) is 26.0 Å². The van der Waals surface area contributed by atoms with Crippen LogP contribution in [0.5, 0.6) is 5.75 Å². The fraction of sp³-hybridized carbons (Fsp3) is 0.353. The molecule has 1 amide bonds. The first-order chi connectivity index (χ1) is 11.0. The molecule has 0 aliphatic carbocycles. The van der Waals surface area contributed by atoms with Crippen LogP contribution < -0.4 is 15.9 Å². The second-order valence-electron chi connectivity index (χ2n) is 5.77. The molecule has 0 aliphatic heterocycles. The van der Waals surface area contributed by atoms with Crippen molar-refractivity contribution in [2.24, 2.45) is 16.8 Å². The summed E-state index contributed by atoms with van der Waals surface area (Å²) in [6.45, 7) is 4.04. The molecule has 1 atom stereocenters. The molecule has 2 rings (SSSR count). The number of nitrogens with one attached hydrogen (secondary N) is 1. The van der Waals surface area contributed by atoms with Gasteiger partial charge in [0.05, 0.1) is 30.6 Å². The van der Waals surface area contributed by atoms with Gasteiger partial charge in [0.15, 0.2) is 0 Å². The maximum atomic E-state index is 11.8. The van der Waals surface area contributed by atoms with Gasteiger partial charge in [0.1, 0.15) is 5.75 Å². The maximum absolute atomic E-state index is 11.8. The van der Waals surface area contributed by atoms with Gasteiger partial charge in [-0.1, -0.05) is 19.9 Å². The second kappa shape index (κ2) is 7.69. The van der Waals surface area contributed by atoms with Gasteiger partial charge in [-0.25, -0.2) is 10.4 Å². The summed E-state index contributed by atoms with van der Waals surface area (Å²) in [4.78, 5) is 16.2. The van der Waals surface area contributed by atoms with E-state index in [0.717, 1.165) is 16.7 Å². The van der Waals surface area contributed by atoms with Crippen LogP contribution in [0.25, 0.3) is 10.9 Å². The van der Waals surface area contributed by atoms with Gasteiger partial charge in [0.25, 0.3) is 5.91 Å². The summed E-state index contributed by atoms with van der Waals surface area (Å²) < 4.78 is 5.18. The third-order valence-corrected chi connectivity index (χ3v) is 3.35. The first-order valence-electron chi connectivity index (χ1n) is 7.53. The van der Waals surface area contributed by atoms with Crippen LogP contribution in [-0.4, -0.2) is 30.3 Å². The number of hydrazone groups is 1. The van der Waals surface area contributed by atoms with Crippen LogP contribution >= 0.6 is 0 Å². The Morgan fingerprint density at radius 1 is 1.39 bits per heavy atom. The summed E-state index contributed by atoms with van der Waals surface area (Å²) in [5.41, 5.74) is 9.72.